The molecule has 0 unspecified atom stereocenters. The highest BCUT2D eigenvalue weighted by Gasteiger charge is 2.33. The first-order chi connectivity index (χ1) is 16.0. The van der Waals surface area contributed by atoms with Crippen molar-refractivity contribution in [2.45, 2.75) is 25.8 Å². The Morgan fingerprint density at radius 3 is 2.58 bits per heavy atom. The number of aryl methyl sites for hydroxylation is 1. The fourth-order valence-corrected chi connectivity index (χ4v) is 4.52. The average molecular weight is 468 g/mol. The molecule has 4 rings (SSSR count). The van der Waals surface area contributed by atoms with Crippen LogP contribution in [-0.2, 0) is 0 Å². The van der Waals surface area contributed by atoms with E-state index < -0.39 is 0 Å². The zero-order valence-corrected chi connectivity index (χ0v) is 19.4. The molecule has 1 aromatic heterocycles. The first-order valence-electron chi connectivity index (χ1n) is 10.5. The fourth-order valence-electron chi connectivity index (χ4n) is 3.64. The number of urea groups is 1. The number of nitrogens with zero attached hydrogens (tertiary/aromatic N) is 3. The summed E-state index contributed by atoms with van der Waals surface area (Å²) in [5, 5.41) is 14.9. The minimum Gasteiger partial charge on any atom is -0.497 e. The molecule has 9 nitrogen and oxygen atoms in total. The Morgan fingerprint density at radius 1 is 1.06 bits per heavy atom. The van der Waals surface area contributed by atoms with Crippen LogP contribution in [0, 0.1) is 6.92 Å². The second-order valence-corrected chi connectivity index (χ2v) is 8.62. The zero-order valence-electron chi connectivity index (χ0n) is 18.6. The largest absolute Gasteiger partial charge is 0.497 e. The van der Waals surface area contributed by atoms with E-state index >= 15 is 0 Å². The molecule has 0 aliphatic carbocycles. The van der Waals surface area contributed by atoms with Crippen molar-refractivity contribution >= 4 is 34.6 Å². The molecular weight excluding hydrogens is 442 g/mol. The molecule has 172 valence electrons. The Morgan fingerprint density at radius 2 is 1.85 bits per heavy atom. The van der Waals surface area contributed by atoms with Gasteiger partial charge in [0.05, 0.1) is 25.9 Å². The number of nitrogens with one attached hydrogen (secondary N) is 2. The number of likely N-dealkylation sites (tertiary alicyclic amines) is 1. The maximum atomic E-state index is 13.0. The van der Waals surface area contributed by atoms with Crippen LogP contribution >= 0.6 is 11.3 Å². The van der Waals surface area contributed by atoms with Crippen molar-refractivity contribution < 1.29 is 19.1 Å². The van der Waals surface area contributed by atoms with E-state index in [9.17, 15) is 9.59 Å². The van der Waals surface area contributed by atoms with E-state index in [-0.39, 0.29) is 23.0 Å². The summed E-state index contributed by atoms with van der Waals surface area (Å²) in [6.45, 7) is 2.57. The van der Waals surface area contributed by atoms with E-state index in [1.807, 2.05) is 31.2 Å². The summed E-state index contributed by atoms with van der Waals surface area (Å²) in [6, 6.07) is 12.2. The first kappa shape index (κ1) is 22.5. The molecule has 2 heterocycles. The number of carbonyl (C=O) groups is 2. The third-order valence-corrected chi connectivity index (χ3v) is 6.42. The number of amides is 3. The van der Waals surface area contributed by atoms with Crippen LogP contribution in [0.15, 0.2) is 42.5 Å². The summed E-state index contributed by atoms with van der Waals surface area (Å²) in [4.78, 5) is 27.3. The van der Waals surface area contributed by atoms with Gasteiger partial charge in [0.2, 0.25) is 5.01 Å². The van der Waals surface area contributed by atoms with Crippen molar-refractivity contribution in [3.05, 3.63) is 58.0 Å². The monoisotopic (exact) mass is 467 g/mol. The summed E-state index contributed by atoms with van der Waals surface area (Å²) in [6.07, 6.45) is 1.59. The highest BCUT2D eigenvalue weighted by molar-refractivity contribution is 7.13. The number of hydrogen-bond acceptors (Lipinski definition) is 7. The van der Waals surface area contributed by atoms with E-state index in [4.69, 9.17) is 9.47 Å². The van der Waals surface area contributed by atoms with Gasteiger partial charge in [-0.05, 0) is 44.0 Å². The molecule has 2 N–H and O–H groups in total. The van der Waals surface area contributed by atoms with Crippen molar-refractivity contribution in [1.82, 2.24) is 15.1 Å². The molecule has 1 fully saturated rings. The van der Waals surface area contributed by atoms with Gasteiger partial charge in [0.25, 0.3) is 5.91 Å². The minimum absolute atomic E-state index is 0.243. The molecule has 0 spiro atoms. The molecule has 1 aliphatic heterocycles. The van der Waals surface area contributed by atoms with Crippen LogP contribution in [0.3, 0.4) is 0 Å². The smallest absolute Gasteiger partial charge is 0.322 e. The first-order valence-corrected chi connectivity index (χ1v) is 11.3. The van der Waals surface area contributed by atoms with Crippen LogP contribution in [0.4, 0.5) is 16.2 Å². The lowest BCUT2D eigenvalue weighted by Crippen LogP contribution is -2.34. The normalized spacial score (nSPS) is 15.2. The predicted molar refractivity (Wildman–Crippen MR) is 126 cm³/mol. The molecule has 0 saturated carbocycles. The number of ether oxygens (including phenoxy) is 2. The molecule has 1 atom stereocenters. The number of hydrogen-bond donors (Lipinski definition) is 2. The SMILES string of the molecule is COc1ccc(NC(=O)N2CCC[C@H]2c2nnc(C(=O)Nc3ccc(C)cc3)s2)c(OC)c1. The van der Waals surface area contributed by atoms with E-state index in [2.05, 4.69) is 20.8 Å². The third kappa shape index (κ3) is 5.06. The standard InChI is InChI=1S/C23H25N5O4S/c1-14-6-8-15(9-7-14)24-20(29)22-27-26-21(33-22)18-5-4-12-28(18)23(30)25-17-11-10-16(31-2)13-19(17)32-3/h6-11,13,18H,4-5,12H2,1-3H3,(H,24,29)(H,25,30)/t18-/m0/s1. The van der Waals surface area contributed by atoms with Crippen LogP contribution in [0.2, 0.25) is 0 Å². The molecule has 0 radical (unpaired) electrons. The van der Waals surface area contributed by atoms with Crippen LogP contribution in [-0.4, -0.2) is 47.8 Å². The minimum atomic E-state index is -0.320. The summed E-state index contributed by atoms with van der Waals surface area (Å²) < 4.78 is 10.6. The molecule has 33 heavy (non-hydrogen) atoms. The summed E-state index contributed by atoms with van der Waals surface area (Å²) in [5.41, 5.74) is 2.35. The molecule has 1 saturated heterocycles. The lowest BCUT2D eigenvalue weighted by Gasteiger charge is -2.23. The van der Waals surface area contributed by atoms with E-state index in [0.29, 0.717) is 34.4 Å². The predicted octanol–water partition coefficient (Wildman–Crippen LogP) is 4.49. The van der Waals surface area contributed by atoms with Gasteiger partial charge in [-0.3, -0.25) is 4.79 Å². The van der Waals surface area contributed by atoms with Gasteiger partial charge >= 0.3 is 6.03 Å². The van der Waals surface area contributed by atoms with E-state index in [1.165, 1.54) is 18.4 Å². The Kier molecular flexibility index (Phi) is 6.74. The second-order valence-electron chi connectivity index (χ2n) is 7.61. The Bertz CT molecular complexity index is 1150. The van der Waals surface area contributed by atoms with Gasteiger partial charge in [0.1, 0.15) is 16.5 Å². The van der Waals surface area contributed by atoms with Crippen LogP contribution in [0.5, 0.6) is 11.5 Å². The van der Waals surface area contributed by atoms with Crippen molar-refractivity contribution in [1.29, 1.82) is 0 Å². The number of rotatable bonds is 6. The Labute approximate surface area is 195 Å². The lowest BCUT2D eigenvalue weighted by atomic mass is 10.2. The Balaban J connectivity index is 1.45. The van der Waals surface area contributed by atoms with Gasteiger partial charge in [-0.1, -0.05) is 29.0 Å². The molecule has 1 aliphatic rings. The highest BCUT2D eigenvalue weighted by Crippen LogP contribution is 2.35. The molecule has 10 heteroatoms. The Hall–Kier alpha value is -3.66. The van der Waals surface area contributed by atoms with Crippen LogP contribution in [0.1, 0.15) is 39.3 Å². The second kappa shape index (κ2) is 9.86. The van der Waals surface area contributed by atoms with Gasteiger partial charge in [-0.25, -0.2) is 4.79 Å². The summed E-state index contributed by atoms with van der Waals surface area (Å²) in [5.74, 6) is 0.818. The maximum Gasteiger partial charge on any atom is 0.322 e. The van der Waals surface area contributed by atoms with E-state index in [0.717, 1.165) is 18.4 Å². The molecular formula is C23H25N5O4S. The van der Waals surface area contributed by atoms with Crippen LogP contribution < -0.4 is 20.1 Å². The summed E-state index contributed by atoms with van der Waals surface area (Å²) in [7, 11) is 3.10. The van der Waals surface area contributed by atoms with Gasteiger partial charge in [-0.2, -0.15) is 0 Å². The molecule has 0 bridgehead atoms. The topological polar surface area (TPSA) is 106 Å². The summed E-state index contributed by atoms with van der Waals surface area (Å²) >= 11 is 1.20. The molecule has 3 aromatic rings. The van der Waals surface area contributed by atoms with Gasteiger partial charge in [-0.15, -0.1) is 10.2 Å². The van der Waals surface area contributed by atoms with Crippen LogP contribution in [0.25, 0.3) is 0 Å². The van der Waals surface area contributed by atoms with Crippen molar-refractivity contribution in [2.24, 2.45) is 0 Å². The number of anilines is 2. The van der Waals surface area contributed by atoms with Crippen molar-refractivity contribution in [3.8, 4) is 11.5 Å². The van der Waals surface area contributed by atoms with Crippen molar-refractivity contribution in [2.75, 3.05) is 31.4 Å². The van der Waals surface area contributed by atoms with Gasteiger partial charge in [0.15, 0.2) is 0 Å². The molecule has 2 aromatic carbocycles. The number of carbonyl (C=O) groups excluding carboxylic acids is 2. The lowest BCUT2D eigenvalue weighted by molar-refractivity contribution is 0.102. The average Bonchev–Trinajstić information content (AvgIpc) is 3.50. The fraction of sp³-hybridized carbons (Fsp3) is 0.304. The van der Waals surface area contributed by atoms with Gasteiger partial charge < -0.3 is 25.0 Å². The maximum absolute atomic E-state index is 13.0. The quantitative estimate of drug-likeness (QED) is 0.554. The zero-order chi connectivity index (χ0) is 23.4. The highest BCUT2D eigenvalue weighted by atomic mass is 32.1. The number of methoxy groups -OCH3 is 2. The molecule has 3 amide bonds. The number of benzene rings is 2. The number of aromatic nitrogens is 2. The van der Waals surface area contributed by atoms with E-state index in [1.54, 1.807) is 30.2 Å². The third-order valence-electron chi connectivity index (χ3n) is 5.39. The van der Waals surface area contributed by atoms with Gasteiger partial charge in [0, 0.05) is 18.3 Å². The van der Waals surface area contributed by atoms with Crippen molar-refractivity contribution in [3.63, 3.8) is 0 Å².